The zero-order chi connectivity index (χ0) is 21.4. The molecule has 0 atom stereocenters. The first kappa shape index (κ1) is 21.7. The average Bonchev–Trinajstić information content (AvgIpc) is 2.73. The summed E-state index contributed by atoms with van der Waals surface area (Å²) >= 11 is 0. The van der Waals surface area contributed by atoms with Crippen LogP contribution in [0.15, 0.2) is 42.5 Å². The summed E-state index contributed by atoms with van der Waals surface area (Å²) < 4.78 is 10.3. The van der Waals surface area contributed by atoms with Crippen LogP contribution in [0.2, 0.25) is 0 Å². The van der Waals surface area contributed by atoms with Crippen LogP contribution in [-0.2, 0) is 4.79 Å². The SMILES string of the molecule is CCN(CC)C(=O)c1cccc(NC(=O)COc2ccc(OC)cc2[N+](=O)[O-])c1. The molecule has 9 nitrogen and oxygen atoms in total. The maximum absolute atomic E-state index is 12.4. The molecule has 2 aromatic carbocycles. The van der Waals surface area contributed by atoms with Crippen LogP contribution in [0.3, 0.4) is 0 Å². The molecule has 0 fully saturated rings. The molecule has 29 heavy (non-hydrogen) atoms. The number of ether oxygens (including phenoxy) is 2. The number of benzene rings is 2. The number of nitro groups is 1. The minimum absolute atomic E-state index is 0.0450. The Hall–Kier alpha value is -3.62. The van der Waals surface area contributed by atoms with E-state index in [1.807, 2.05) is 13.8 Å². The van der Waals surface area contributed by atoms with E-state index in [4.69, 9.17) is 9.47 Å². The molecule has 0 bridgehead atoms. The van der Waals surface area contributed by atoms with Crippen molar-refractivity contribution in [3.8, 4) is 11.5 Å². The maximum atomic E-state index is 12.4. The lowest BCUT2D eigenvalue weighted by molar-refractivity contribution is -0.385. The molecule has 2 aromatic rings. The van der Waals surface area contributed by atoms with Gasteiger partial charge in [-0.1, -0.05) is 6.07 Å². The smallest absolute Gasteiger partial charge is 0.314 e. The zero-order valence-corrected chi connectivity index (χ0v) is 16.5. The maximum Gasteiger partial charge on any atom is 0.314 e. The third-order valence-corrected chi connectivity index (χ3v) is 4.17. The summed E-state index contributed by atoms with van der Waals surface area (Å²) in [7, 11) is 1.39. The van der Waals surface area contributed by atoms with Crippen molar-refractivity contribution < 1.29 is 24.0 Å². The number of amides is 2. The van der Waals surface area contributed by atoms with Gasteiger partial charge in [-0.25, -0.2) is 0 Å². The Morgan fingerprint density at radius 3 is 2.48 bits per heavy atom. The molecule has 0 radical (unpaired) electrons. The summed E-state index contributed by atoms with van der Waals surface area (Å²) in [5, 5.41) is 13.8. The largest absolute Gasteiger partial charge is 0.496 e. The number of hydrogen-bond donors (Lipinski definition) is 1. The summed E-state index contributed by atoms with van der Waals surface area (Å²) in [6, 6.07) is 10.7. The molecule has 0 unspecified atom stereocenters. The molecule has 0 aromatic heterocycles. The lowest BCUT2D eigenvalue weighted by Crippen LogP contribution is -2.30. The summed E-state index contributed by atoms with van der Waals surface area (Å²) in [6.07, 6.45) is 0. The number of rotatable bonds is 9. The highest BCUT2D eigenvalue weighted by Gasteiger charge is 2.18. The lowest BCUT2D eigenvalue weighted by Gasteiger charge is -2.19. The van der Waals surface area contributed by atoms with Crippen LogP contribution < -0.4 is 14.8 Å². The highest BCUT2D eigenvalue weighted by Crippen LogP contribution is 2.31. The Morgan fingerprint density at radius 2 is 1.86 bits per heavy atom. The van der Waals surface area contributed by atoms with Crippen molar-refractivity contribution in [2.75, 3.05) is 32.1 Å². The number of nitrogens with zero attached hydrogens (tertiary/aromatic N) is 2. The molecular formula is C20H23N3O6. The number of nitrogens with one attached hydrogen (secondary N) is 1. The van der Waals surface area contributed by atoms with Gasteiger partial charge in [-0.05, 0) is 44.2 Å². The van der Waals surface area contributed by atoms with E-state index in [-0.39, 0.29) is 17.3 Å². The first-order chi connectivity index (χ1) is 13.9. The third kappa shape index (κ3) is 5.68. The van der Waals surface area contributed by atoms with Crippen molar-refractivity contribution in [2.24, 2.45) is 0 Å². The van der Waals surface area contributed by atoms with Crippen molar-refractivity contribution in [3.05, 3.63) is 58.1 Å². The molecule has 0 saturated heterocycles. The molecule has 9 heteroatoms. The first-order valence-electron chi connectivity index (χ1n) is 9.04. The molecule has 2 amide bonds. The normalized spacial score (nSPS) is 10.2. The molecule has 0 heterocycles. The van der Waals surface area contributed by atoms with Crippen molar-refractivity contribution >= 4 is 23.2 Å². The topological polar surface area (TPSA) is 111 Å². The van der Waals surface area contributed by atoms with Gasteiger partial charge >= 0.3 is 5.69 Å². The van der Waals surface area contributed by atoms with Crippen LogP contribution in [-0.4, -0.2) is 48.4 Å². The molecule has 0 spiro atoms. The van der Waals surface area contributed by atoms with E-state index in [0.717, 1.165) is 0 Å². The van der Waals surface area contributed by atoms with Gasteiger partial charge < -0.3 is 19.7 Å². The number of carbonyl (C=O) groups is 2. The van der Waals surface area contributed by atoms with Crippen LogP contribution in [0.5, 0.6) is 11.5 Å². The molecule has 154 valence electrons. The molecular weight excluding hydrogens is 378 g/mol. The Labute approximate surface area is 168 Å². The summed E-state index contributed by atoms with van der Waals surface area (Å²) in [6.45, 7) is 4.52. The summed E-state index contributed by atoms with van der Waals surface area (Å²) in [5.41, 5.74) is 0.586. The second-order valence-corrected chi connectivity index (χ2v) is 5.99. The van der Waals surface area contributed by atoms with Gasteiger partial charge in [-0.2, -0.15) is 0 Å². The number of carbonyl (C=O) groups excluding carboxylic acids is 2. The van der Waals surface area contributed by atoms with E-state index < -0.39 is 17.4 Å². The van der Waals surface area contributed by atoms with E-state index in [9.17, 15) is 19.7 Å². The molecule has 2 rings (SSSR count). The van der Waals surface area contributed by atoms with Gasteiger partial charge in [0.05, 0.1) is 18.1 Å². The van der Waals surface area contributed by atoms with Crippen molar-refractivity contribution in [1.82, 2.24) is 4.90 Å². The first-order valence-corrected chi connectivity index (χ1v) is 9.04. The number of nitro benzene ring substituents is 1. The molecule has 0 aliphatic carbocycles. The fourth-order valence-corrected chi connectivity index (χ4v) is 2.65. The predicted octanol–water partition coefficient (Wildman–Crippen LogP) is 3.10. The van der Waals surface area contributed by atoms with E-state index in [0.29, 0.717) is 30.1 Å². The number of hydrogen-bond acceptors (Lipinski definition) is 6. The van der Waals surface area contributed by atoms with Gasteiger partial charge in [0.15, 0.2) is 12.4 Å². The van der Waals surface area contributed by atoms with Crippen LogP contribution in [0, 0.1) is 10.1 Å². The zero-order valence-electron chi connectivity index (χ0n) is 16.5. The third-order valence-electron chi connectivity index (χ3n) is 4.17. The van der Waals surface area contributed by atoms with Crippen molar-refractivity contribution in [3.63, 3.8) is 0 Å². The quantitative estimate of drug-likeness (QED) is 0.510. The molecule has 0 saturated carbocycles. The van der Waals surface area contributed by atoms with Gasteiger partial charge in [0.2, 0.25) is 0 Å². The van der Waals surface area contributed by atoms with Crippen LogP contribution >= 0.6 is 0 Å². The highest BCUT2D eigenvalue weighted by atomic mass is 16.6. The van der Waals surface area contributed by atoms with Gasteiger partial charge in [-0.3, -0.25) is 19.7 Å². The van der Waals surface area contributed by atoms with Crippen LogP contribution in [0.25, 0.3) is 0 Å². The van der Waals surface area contributed by atoms with E-state index in [2.05, 4.69) is 5.32 Å². The molecule has 0 aliphatic rings. The lowest BCUT2D eigenvalue weighted by atomic mass is 10.1. The van der Waals surface area contributed by atoms with Gasteiger partial charge in [0.25, 0.3) is 11.8 Å². The molecule has 1 N–H and O–H groups in total. The minimum Gasteiger partial charge on any atom is -0.496 e. The monoisotopic (exact) mass is 401 g/mol. The van der Waals surface area contributed by atoms with E-state index >= 15 is 0 Å². The van der Waals surface area contributed by atoms with Crippen LogP contribution in [0.1, 0.15) is 24.2 Å². The van der Waals surface area contributed by atoms with Gasteiger partial charge in [-0.15, -0.1) is 0 Å². The number of methoxy groups -OCH3 is 1. The second kappa shape index (κ2) is 10.1. The Bertz CT molecular complexity index is 896. The highest BCUT2D eigenvalue weighted by molar-refractivity contribution is 5.97. The average molecular weight is 401 g/mol. The van der Waals surface area contributed by atoms with Gasteiger partial charge in [0.1, 0.15) is 5.75 Å². The minimum atomic E-state index is -0.613. The van der Waals surface area contributed by atoms with Crippen molar-refractivity contribution in [1.29, 1.82) is 0 Å². The summed E-state index contributed by atoms with van der Waals surface area (Å²) in [5.74, 6) is -0.377. The predicted molar refractivity (Wildman–Crippen MR) is 107 cm³/mol. The van der Waals surface area contributed by atoms with Crippen molar-refractivity contribution in [2.45, 2.75) is 13.8 Å². The Balaban J connectivity index is 2.04. The summed E-state index contributed by atoms with van der Waals surface area (Å²) in [4.78, 5) is 36.8. The van der Waals surface area contributed by atoms with E-state index in [1.165, 1.54) is 25.3 Å². The van der Waals surface area contributed by atoms with Crippen LogP contribution in [0.4, 0.5) is 11.4 Å². The standard InChI is InChI=1S/C20H23N3O6/c1-4-22(5-2)20(25)14-7-6-8-15(11-14)21-19(24)13-29-18-10-9-16(28-3)12-17(18)23(26)27/h6-12H,4-5,13H2,1-3H3,(H,21,24). The van der Waals surface area contributed by atoms with E-state index in [1.54, 1.807) is 29.2 Å². The molecule has 0 aliphatic heterocycles. The fraction of sp³-hybridized carbons (Fsp3) is 0.300. The number of anilines is 1. The second-order valence-electron chi connectivity index (χ2n) is 5.99. The van der Waals surface area contributed by atoms with Gasteiger partial charge in [0, 0.05) is 24.3 Å². The Kier molecular flexibility index (Phi) is 7.53. The Morgan fingerprint density at radius 1 is 1.14 bits per heavy atom. The fourth-order valence-electron chi connectivity index (χ4n) is 2.65.